The van der Waals surface area contributed by atoms with Crippen LogP contribution in [0.4, 0.5) is 20.4 Å². The molecule has 0 spiro atoms. The number of nitrogens with zero attached hydrogens (tertiary/aromatic N) is 4. The molecule has 1 aromatic carbocycles. The van der Waals surface area contributed by atoms with E-state index >= 15 is 0 Å². The molecule has 1 amide bonds. The number of nitriles is 1. The van der Waals surface area contributed by atoms with Crippen LogP contribution < -0.4 is 9.80 Å². The van der Waals surface area contributed by atoms with Gasteiger partial charge in [-0.25, -0.2) is 8.78 Å². The lowest BCUT2D eigenvalue weighted by Gasteiger charge is -2.34. The van der Waals surface area contributed by atoms with Crippen LogP contribution in [0.15, 0.2) is 68.2 Å². The zero-order valence-corrected chi connectivity index (χ0v) is 18.5. The van der Waals surface area contributed by atoms with E-state index in [0.717, 1.165) is 12.1 Å². The first-order valence-electron chi connectivity index (χ1n) is 11.0. The minimum atomic E-state index is -0.826. The van der Waals surface area contributed by atoms with Gasteiger partial charge in [0.2, 0.25) is 17.5 Å². The average molecular weight is 478 g/mol. The number of piperidine rings is 1. The second-order valence-electron chi connectivity index (χ2n) is 8.12. The molecule has 1 aliphatic rings. The van der Waals surface area contributed by atoms with Gasteiger partial charge in [0.15, 0.2) is 5.76 Å². The minimum absolute atomic E-state index is 0.0136. The van der Waals surface area contributed by atoms with Crippen molar-refractivity contribution < 1.29 is 26.8 Å². The van der Waals surface area contributed by atoms with Gasteiger partial charge in [0, 0.05) is 25.1 Å². The molecule has 4 heterocycles. The van der Waals surface area contributed by atoms with Crippen molar-refractivity contribution in [3.05, 3.63) is 78.1 Å². The average Bonchev–Trinajstić information content (AvgIpc) is 3.64. The van der Waals surface area contributed by atoms with Crippen LogP contribution in [0.5, 0.6) is 0 Å². The number of carbonyl (C=O) groups excluding carboxylic acids is 1. The Morgan fingerprint density at radius 2 is 1.91 bits per heavy atom. The van der Waals surface area contributed by atoms with E-state index in [0.29, 0.717) is 43.3 Å². The van der Waals surface area contributed by atoms with Crippen LogP contribution in [0, 0.1) is 28.9 Å². The smallest absolute Gasteiger partial charge is 0.266 e. The Kier molecular flexibility index (Phi) is 6.06. The highest BCUT2D eigenvalue weighted by molar-refractivity contribution is 5.95. The lowest BCUT2D eigenvalue weighted by molar-refractivity contribution is -0.123. The van der Waals surface area contributed by atoms with Gasteiger partial charge in [-0.3, -0.25) is 4.79 Å². The number of amides is 1. The topological polar surface area (TPSA) is 99.7 Å². The summed E-state index contributed by atoms with van der Waals surface area (Å²) in [6.07, 6.45) is 3.84. The maximum atomic E-state index is 14.6. The maximum absolute atomic E-state index is 14.6. The van der Waals surface area contributed by atoms with Gasteiger partial charge in [-0.05, 0) is 49.2 Å². The summed E-state index contributed by atoms with van der Waals surface area (Å²) in [5.74, 6) is -0.840. The van der Waals surface area contributed by atoms with Crippen LogP contribution in [0.25, 0.3) is 11.7 Å². The molecule has 1 saturated heterocycles. The number of halogens is 2. The van der Waals surface area contributed by atoms with E-state index in [1.54, 1.807) is 24.3 Å². The third-order valence-electron chi connectivity index (χ3n) is 5.94. The second kappa shape index (κ2) is 9.46. The zero-order chi connectivity index (χ0) is 24.4. The molecular formula is C25H20F2N4O4. The molecule has 35 heavy (non-hydrogen) atoms. The first-order valence-corrected chi connectivity index (χ1v) is 11.0. The molecule has 178 valence electrons. The Bertz CT molecular complexity index is 1350. The lowest BCUT2D eigenvalue weighted by Crippen LogP contribution is -2.43. The summed E-state index contributed by atoms with van der Waals surface area (Å²) in [5, 5.41) is 9.51. The molecule has 0 radical (unpaired) electrons. The maximum Gasteiger partial charge on any atom is 0.266 e. The highest BCUT2D eigenvalue weighted by atomic mass is 19.1. The molecule has 0 saturated carbocycles. The number of rotatable bonds is 6. The van der Waals surface area contributed by atoms with Crippen molar-refractivity contribution in [2.75, 3.05) is 22.9 Å². The molecule has 0 aliphatic carbocycles. The highest BCUT2D eigenvalue weighted by Crippen LogP contribution is 2.33. The van der Waals surface area contributed by atoms with Crippen molar-refractivity contribution in [2.45, 2.75) is 19.4 Å². The Hall–Kier alpha value is -4.39. The fraction of sp³-hybridized carbons (Fsp3) is 0.240. The van der Waals surface area contributed by atoms with Gasteiger partial charge in [-0.1, -0.05) is 0 Å². The molecule has 1 fully saturated rings. The van der Waals surface area contributed by atoms with Gasteiger partial charge < -0.3 is 23.1 Å². The van der Waals surface area contributed by atoms with E-state index in [-0.39, 0.29) is 29.7 Å². The monoisotopic (exact) mass is 478 g/mol. The Morgan fingerprint density at radius 1 is 1.14 bits per heavy atom. The Labute approximate surface area is 199 Å². The van der Waals surface area contributed by atoms with E-state index in [9.17, 15) is 18.8 Å². The summed E-state index contributed by atoms with van der Waals surface area (Å²) in [4.78, 5) is 20.8. The fourth-order valence-electron chi connectivity index (χ4n) is 4.20. The van der Waals surface area contributed by atoms with E-state index in [1.807, 2.05) is 11.0 Å². The van der Waals surface area contributed by atoms with Crippen molar-refractivity contribution in [3.8, 4) is 17.7 Å². The second-order valence-corrected chi connectivity index (χ2v) is 8.12. The number of furan rings is 2. The van der Waals surface area contributed by atoms with Gasteiger partial charge >= 0.3 is 0 Å². The number of anilines is 2. The molecular weight excluding hydrogens is 458 g/mol. The normalized spacial score (nSPS) is 14.1. The number of aromatic nitrogens is 1. The van der Waals surface area contributed by atoms with E-state index < -0.39 is 17.6 Å². The summed E-state index contributed by atoms with van der Waals surface area (Å²) in [7, 11) is 0. The van der Waals surface area contributed by atoms with E-state index in [2.05, 4.69) is 4.98 Å². The number of benzene rings is 1. The van der Waals surface area contributed by atoms with Crippen LogP contribution in [-0.2, 0) is 11.3 Å². The lowest BCUT2D eigenvalue weighted by atomic mass is 9.94. The first kappa shape index (κ1) is 22.4. The molecule has 0 unspecified atom stereocenters. The summed E-state index contributed by atoms with van der Waals surface area (Å²) in [5.41, 5.74) is 0.120. The zero-order valence-electron chi connectivity index (χ0n) is 18.5. The molecule has 5 rings (SSSR count). The quantitative estimate of drug-likeness (QED) is 0.379. The minimum Gasteiger partial charge on any atom is -0.467 e. The SMILES string of the molecule is N#Cc1nc(-c2ccco2)oc1N1CCC(C(=O)N(Cc2ccco2)c2ccc(F)cc2F)CC1. The molecule has 1 aliphatic heterocycles. The molecule has 0 bridgehead atoms. The standard InChI is InChI=1S/C25H20F2N4O4/c26-17-5-6-21(19(27)13-17)31(15-18-3-1-11-33-18)24(32)16-7-9-30(10-8-16)25-20(14-28)29-23(35-25)22-4-2-12-34-22/h1-6,11-13,16H,7-10,15H2. The Balaban J connectivity index is 1.34. The number of hydrogen-bond acceptors (Lipinski definition) is 7. The largest absolute Gasteiger partial charge is 0.467 e. The summed E-state index contributed by atoms with van der Waals surface area (Å²) in [6.45, 7) is 0.874. The first-order chi connectivity index (χ1) is 17.0. The summed E-state index contributed by atoms with van der Waals surface area (Å²) >= 11 is 0. The molecule has 3 aromatic heterocycles. The highest BCUT2D eigenvalue weighted by Gasteiger charge is 2.33. The van der Waals surface area contributed by atoms with E-state index in [4.69, 9.17) is 13.3 Å². The summed E-state index contributed by atoms with van der Waals surface area (Å²) in [6, 6.07) is 11.9. The number of hydrogen-bond donors (Lipinski definition) is 0. The van der Waals surface area contributed by atoms with Crippen LogP contribution in [0.1, 0.15) is 24.3 Å². The van der Waals surface area contributed by atoms with Crippen LogP contribution in [0.2, 0.25) is 0 Å². The molecule has 8 nitrogen and oxygen atoms in total. The third-order valence-corrected chi connectivity index (χ3v) is 5.94. The van der Waals surface area contributed by atoms with Gasteiger partial charge in [0.25, 0.3) is 5.89 Å². The van der Waals surface area contributed by atoms with Gasteiger partial charge in [0.05, 0.1) is 24.8 Å². The van der Waals surface area contributed by atoms with Crippen LogP contribution >= 0.6 is 0 Å². The van der Waals surface area contributed by atoms with Crippen molar-refractivity contribution >= 4 is 17.5 Å². The van der Waals surface area contributed by atoms with Gasteiger partial charge in [-0.2, -0.15) is 10.2 Å². The predicted molar refractivity (Wildman–Crippen MR) is 120 cm³/mol. The molecule has 0 N–H and O–H groups in total. The number of oxazole rings is 1. The molecule has 0 atom stereocenters. The Morgan fingerprint density at radius 3 is 2.57 bits per heavy atom. The molecule has 10 heteroatoms. The van der Waals surface area contributed by atoms with Crippen molar-refractivity contribution in [1.29, 1.82) is 5.26 Å². The van der Waals surface area contributed by atoms with Crippen LogP contribution in [-0.4, -0.2) is 24.0 Å². The van der Waals surface area contributed by atoms with E-state index in [1.165, 1.54) is 23.5 Å². The third kappa shape index (κ3) is 4.53. The van der Waals surface area contributed by atoms with Crippen molar-refractivity contribution in [1.82, 2.24) is 4.98 Å². The van der Waals surface area contributed by atoms with Crippen LogP contribution in [0.3, 0.4) is 0 Å². The fourth-order valence-corrected chi connectivity index (χ4v) is 4.20. The van der Waals surface area contributed by atoms with Crippen molar-refractivity contribution in [3.63, 3.8) is 0 Å². The number of carbonyl (C=O) groups is 1. The molecule has 4 aromatic rings. The van der Waals surface area contributed by atoms with Crippen molar-refractivity contribution in [2.24, 2.45) is 5.92 Å². The summed E-state index contributed by atoms with van der Waals surface area (Å²) < 4.78 is 44.6. The van der Waals surface area contributed by atoms with Gasteiger partial charge in [0.1, 0.15) is 23.5 Å². The van der Waals surface area contributed by atoms with Gasteiger partial charge in [-0.15, -0.1) is 0 Å². The predicted octanol–water partition coefficient (Wildman–Crippen LogP) is 5.13.